The van der Waals surface area contributed by atoms with Crippen LogP contribution in [0.15, 0.2) is 66.7 Å². The Bertz CT molecular complexity index is 1520. The van der Waals surface area contributed by atoms with Crippen LogP contribution in [0.5, 0.6) is 0 Å². The van der Waals surface area contributed by atoms with E-state index in [1.165, 1.54) is 22.1 Å². The molecule has 0 radical (unpaired) electrons. The van der Waals surface area contributed by atoms with E-state index < -0.39 is 0 Å². The standard InChI is InChI=1S/C34H36FN3O/c35-26-14-12-25(13-15-26)32-30(27-9-1-2-10-28(27)36-32)23-16-21-38(22-17-23)20-4-3-18-34-19-6-8-24-7-5-11-29(31(24)34)37-33(34)39/h1-2,5,7,9-15,23,36H,3-4,6,8,16-22H2,(H,37,39). The summed E-state index contributed by atoms with van der Waals surface area (Å²) in [5, 5.41) is 4.48. The van der Waals surface area contributed by atoms with Crippen molar-refractivity contribution in [2.45, 2.75) is 62.7 Å². The van der Waals surface area contributed by atoms with Gasteiger partial charge in [0.25, 0.3) is 0 Å². The third-order valence-corrected chi connectivity index (χ3v) is 9.56. The summed E-state index contributed by atoms with van der Waals surface area (Å²) in [4.78, 5) is 19.4. The quantitative estimate of drug-likeness (QED) is 0.247. The number of unbranched alkanes of at least 4 members (excludes halogenated alkanes) is 1. The van der Waals surface area contributed by atoms with Crippen LogP contribution in [-0.2, 0) is 16.6 Å². The van der Waals surface area contributed by atoms with Crippen molar-refractivity contribution in [2.24, 2.45) is 0 Å². The summed E-state index contributed by atoms with van der Waals surface area (Å²) in [6.45, 7) is 3.27. The van der Waals surface area contributed by atoms with Gasteiger partial charge in [-0.3, -0.25) is 4.79 Å². The second kappa shape index (κ2) is 9.95. The molecule has 3 aromatic carbocycles. The van der Waals surface area contributed by atoms with Crippen molar-refractivity contribution in [2.75, 3.05) is 25.0 Å². The van der Waals surface area contributed by atoms with Crippen molar-refractivity contribution in [3.63, 3.8) is 0 Å². The zero-order chi connectivity index (χ0) is 26.4. The number of aromatic amines is 1. The van der Waals surface area contributed by atoms with Crippen LogP contribution in [-0.4, -0.2) is 35.4 Å². The average molecular weight is 522 g/mol. The molecule has 0 spiro atoms. The van der Waals surface area contributed by atoms with Crippen molar-refractivity contribution in [1.82, 2.24) is 9.88 Å². The Labute approximate surface area is 229 Å². The first-order valence-electron chi connectivity index (χ1n) is 14.7. The molecule has 3 aliphatic rings. The highest BCUT2D eigenvalue weighted by Crippen LogP contribution is 2.49. The number of rotatable bonds is 7. The number of hydrogen-bond acceptors (Lipinski definition) is 2. The Morgan fingerprint density at radius 3 is 2.62 bits per heavy atom. The fraction of sp³-hybridized carbons (Fsp3) is 0.382. The maximum Gasteiger partial charge on any atom is 0.235 e. The molecule has 1 unspecified atom stereocenters. The maximum atomic E-state index is 13.6. The number of carbonyl (C=O) groups excluding carboxylic acids is 1. The van der Waals surface area contributed by atoms with Gasteiger partial charge in [0.1, 0.15) is 5.82 Å². The topological polar surface area (TPSA) is 48.1 Å². The second-order valence-electron chi connectivity index (χ2n) is 11.8. The van der Waals surface area contributed by atoms with Crippen LogP contribution >= 0.6 is 0 Å². The van der Waals surface area contributed by atoms with E-state index in [0.29, 0.717) is 5.92 Å². The van der Waals surface area contributed by atoms with E-state index >= 15 is 0 Å². The van der Waals surface area contributed by atoms with Crippen LogP contribution in [0.4, 0.5) is 10.1 Å². The number of fused-ring (bicyclic) bond motifs is 1. The zero-order valence-corrected chi connectivity index (χ0v) is 22.4. The molecule has 5 heteroatoms. The SMILES string of the molecule is O=C1Nc2cccc3c2C1(CCCCN1CCC(c2c(-c4ccc(F)cc4)[nH]c4ccccc24)CC1)CCC3. The van der Waals surface area contributed by atoms with E-state index in [9.17, 15) is 9.18 Å². The zero-order valence-electron chi connectivity index (χ0n) is 22.4. The Morgan fingerprint density at radius 2 is 1.77 bits per heavy atom. The van der Waals surface area contributed by atoms with E-state index in [1.54, 1.807) is 12.1 Å². The predicted octanol–water partition coefficient (Wildman–Crippen LogP) is 7.55. The molecule has 39 heavy (non-hydrogen) atoms. The van der Waals surface area contributed by atoms with Crippen LogP contribution in [0.3, 0.4) is 0 Å². The van der Waals surface area contributed by atoms with Gasteiger partial charge in [0.15, 0.2) is 0 Å². The molecule has 0 bridgehead atoms. The van der Waals surface area contributed by atoms with Crippen LogP contribution < -0.4 is 5.32 Å². The number of aryl methyl sites for hydroxylation is 1. The van der Waals surface area contributed by atoms with Gasteiger partial charge in [0.2, 0.25) is 5.91 Å². The number of H-pyrrole nitrogens is 1. The first-order valence-corrected chi connectivity index (χ1v) is 14.7. The largest absolute Gasteiger partial charge is 0.354 e. The Morgan fingerprint density at radius 1 is 0.949 bits per heavy atom. The minimum absolute atomic E-state index is 0.203. The molecule has 2 aliphatic heterocycles. The number of nitrogens with one attached hydrogen (secondary N) is 2. The second-order valence-corrected chi connectivity index (χ2v) is 11.8. The minimum atomic E-state index is -0.302. The highest BCUT2D eigenvalue weighted by molar-refractivity contribution is 6.07. The summed E-state index contributed by atoms with van der Waals surface area (Å²) < 4.78 is 13.6. The molecule has 1 saturated heterocycles. The molecule has 1 amide bonds. The Hall–Kier alpha value is -3.44. The van der Waals surface area contributed by atoms with E-state index in [-0.39, 0.29) is 17.1 Å². The number of para-hydroxylation sites is 1. The summed E-state index contributed by atoms with van der Waals surface area (Å²) in [7, 11) is 0. The fourth-order valence-corrected chi connectivity index (χ4v) is 7.66. The number of likely N-dealkylation sites (tertiary alicyclic amines) is 1. The molecule has 3 heterocycles. The van der Waals surface area contributed by atoms with Gasteiger partial charge >= 0.3 is 0 Å². The number of amides is 1. The number of piperidine rings is 1. The summed E-state index contributed by atoms with van der Waals surface area (Å²) >= 11 is 0. The molecule has 4 aromatic rings. The number of halogens is 1. The summed E-state index contributed by atoms with van der Waals surface area (Å²) in [5.41, 5.74) is 8.14. The van der Waals surface area contributed by atoms with Gasteiger partial charge in [-0.15, -0.1) is 0 Å². The Kier molecular flexibility index (Phi) is 6.27. The van der Waals surface area contributed by atoms with Crippen LogP contribution in [0.25, 0.3) is 22.2 Å². The first kappa shape index (κ1) is 24.6. The molecule has 1 fully saturated rings. The monoisotopic (exact) mass is 521 g/mol. The molecule has 1 atom stereocenters. The Balaban J connectivity index is 0.999. The van der Waals surface area contributed by atoms with Crippen LogP contribution in [0.2, 0.25) is 0 Å². The molecule has 7 rings (SSSR count). The van der Waals surface area contributed by atoms with Gasteiger partial charge in [0.05, 0.1) is 5.41 Å². The number of aromatic nitrogens is 1. The van der Waals surface area contributed by atoms with Gasteiger partial charge in [-0.2, -0.15) is 0 Å². The maximum absolute atomic E-state index is 13.6. The molecular formula is C34H36FN3O. The molecule has 0 saturated carbocycles. The molecule has 4 nitrogen and oxygen atoms in total. The van der Waals surface area contributed by atoms with Gasteiger partial charge in [0, 0.05) is 22.3 Å². The number of anilines is 1. The number of nitrogens with zero attached hydrogens (tertiary/aromatic N) is 1. The average Bonchev–Trinajstić information content (AvgIpc) is 3.49. The molecule has 2 N–H and O–H groups in total. The smallest absolute Gasteiger partial charge is 0.235 e. The fourth-order valence-electron chi connectivity index (χ4n) is 7.66. The van der Waals surface area contributed by atoms with Crippen molar-refractivity contribution >= 4 is 22.5 Å². The van der Waals surface area contributed by atoms with Crippen molar-refractivity contribution in [3.05, 3.63) is 89.2 Å². The molecule has 1 aromatic heterocycles. The van der Waals surface area contributed by atoms with Crippen LogP contribution in [0, 0.1) is 5.82 Å². The molecule has 1 aliphatic carbocycles. The van der Waals surface area contributed by atoms with E-state index in [2.05, 4.69) is 57.7 Å². The predicted molar refractivity (Wildman–Crippen MR) is 156 cm³/mol. The summed E-state index contributed by atoms with van der Waals surface area (Å²) in [6.07, 6.45) is 8.59. The first-order chi connectivity index (χ1) is 19.1. The third-order valence-electron chi connectivity index (χ3n) is 9.56. The lowest BCUT2D eigenvalue weighted by Gasteiger charge is -2.34. The van der Waals surface area contributed by atoms with E-state index in [4.69, 9.17) is 0 Å². The lowest BCUT2D eigenvalue weighted by Crippen LogP contribution is -2.38. The van der Waals surface area contributed by atoms with Crippen LogP contribution in [0.1, 0.15) is 67.6 Å². The lowest BCUT2D eigenvalue weighted by atomic mass is 9.68. The number of carbonyl (C=O) groups is 1. The molecule has 200 valence electrons. The third kappa shape index (κ3) is 4.28. The minimum Gasteiger partial charge on any atom is -0.354 e. The van der Waals surface area contributed by atoms with Crippen molar-refractivity contribution in [3.8, 4) is 11.3 Å². The van der Waals surface area contributed by atoms with Gasteiger partial charge < -0.3 is 15.2 Å². The number of benzene rings is 3. The summed E-state index contributed by atoms with van der Waals surface area (Å²) in [6, 6.07) is 21.8. The van der Waals surface area contributed by atoms with Crippen molar-refractivity contribution in [1.29, 1.82) is 0 Å². The normalized spacial score (nSPS) is 21.3. The molecular weight excluding hydrogens is 485 g/mol. The van der Waals surface area contributed by atoms with Crippen molar-refractivity contribution < 1.29 is 9.18 Å². The van der Waals surface area contributed by atoms with E-state index in [1.807, 2.05) is 12.1 Å². The lowest BCUT2D eigenvalue weighted by molar-refractivity contribution is -0.121. The van der Waals surface area contributed by atoms with Gasteiger partial charge in [-0.25, -0.2) is 4.39 Å². The van der Waals surface area contributed by atoms with Gasteiger partial charge in [-0.05, 0) is 129 Å². The van der Waals surface area contributed by atoms with Gasteiger partial charge in [-0.1, -0.05) is 36.8 Å². The number of hydrogen-bond donors (Lipinski definition) is 2. The highest BCUT2D eigenvalue weighted by Gasteiger charge is 2.48. The summed E-state index contributed by atoms with van der Waals surface area (Å²) in [5.74, 6) is 0.503. The highest BCUT2D eigenvalue weighted by atomic mass is 19.1. The van der Waals surface area contributed by atoms with E-state index in [0.717, 1.165) is 93.5 Å².